The van der Waals surface area contributed by atoms with Crippen LogP contribution in [-0.4, -0.2) is 50.0 Å². The molecule has 2 atom stereocenters. The van der Waals surface area contributed by atoms with E-state index in [1.54, 1.807) is 43.3 Å². The first-order chi connectivity index (χ1) is 17.0. The first-order valence-electron chi connectivity index (χ1n) is 11.8. The number of halogens is 1. The van der Waals surface area contributed by atoms with Gasteiger partial charge in [0, 0.05) is 23.0 Å². The molecule has 0 aliphatic rings. The monoisotopic (exact) mass is 529 g/mol. The van der Waals surface area contributed by atoms with Crippen LogP contribution >= 0.6 is 11.6 Å². The number of nitrogens with one attached hydrogen (secondary N) is 1. The summed E-state index contributed by atoms with van der Waals surface area (Å²) in [5.74, 6) is -0.794. The molecule has 0 spiro atoms. The third-order valence-electron chi connectivity index (χ3n) is 6.15. The van der Waals surface area contributed by atoms with Gasteiger partial charge in [-0.15, -0.1) is 0 Å². The molecule has 7 nitrogen and oxygen atoms in total. The van der Waals surface area contributed by atoms with E-state index in [-0.39, 0.29) is 18.5 Å². The molecule has 3 rings (SSSR count). The minimum absolute atomic E-state index is 0.0596. The molecule has 1 N–H and O–H groups in total. The SMILES string of the molecule is CC[C@@H](C)NC(=O)[C@@H](C)N(Cc1ccc(Cl)cc1)C(=O)CN(c1cccc2ccccc12)S(C)(=O)=O. The summed E-state index contributed by atoms with van der Waals surface area (Å²) in [4.78, 5) is 28.1. The minimum atomic E-state index is -3.82. The largest absolute Gasteiger partial charge is 0.352 e. The third-order valence-corrected chi connectivity index (χ3v) is 7.53. The lowest BCUT2D eigenvalue weighted by Crippen LogP contribution is -2.52. The molecule has 0 bridgehead atoms. The third kappa shape index (κ3) is 6.77. The predicted octanol–water partition coefficient (Wildman–Crippen LogP) is 4.59. The molecule has 36 heavy (non-hydrogen) atoms. The van der Waals surface area contributed by atoms with Gasteiger partial charge in [-0.3, -0.25) is 13.9 Å². The molecule has 0 aliphatic carbocycles. The van der Waals surface area contributed by atoms with E-state index >= 15 is 0 Å². The van der Waals surface area contributed by atoms with Gasteiger partial charge in [-0.25, -0.2) is 8.42 Å². The van der Waals surface area contributed by atoms with Gasteiger partial charge in [0.2, 0.25) is 21.8 Å². The second-order valence-electron chi connectivity index (χ2n) is 8.91. The molecule has 0 heterocycles. The number of hydrogen-bond acceptors (Lipinski definition) is 4. The van der Waals surface area contributed by atoms with Gasteiger partial charge >= 0.3 is 0 Å². The van der Waals surface area contributed by atoms with Crippen molar-refractivity contribution in [1.29, 1.82) is 0 Å². The van der Waals surface area contributed by atoms with E-state index < -0.39 is 28.5 Å². The molecule has 0 radical (unpaired) electrons. The molecule has 0 aliphatic heterocycles. The fourth-order valence-corrected chi connectivity index (χ4v) is 4.84. The number of sulfonamides is 1. The molecule has 3 aromatic rings. The van der Waals surface area contributed by atoms with Gasteiger partial charge < -0.3 is 10.2 Å². The van der Waals surface area contributed by atoms with Crippen LogP contribution < -0.4 is 9.62 Å². The number of amides is 2. The van der Waals surface area contributed by atoms with E-state index in [1.807, 2.05) is 44.2 Å². The Morgan fingerprint density at radius 3 is 2.25 bits per heavy atom. The average Bonchev–Trinajstić information content (AvgIpc) is 2.85. The molecule has 192 valence electrons. The van der Waals surface area contributed by atoms with Crippen LogP contribution in [0.1, 0.15) is 32.8 Å². The topological polar surface area (TPSA) is 86.8 Å². The van der Waals surface area contributed by atoms with Gasteiger partial charge in [0.15, 0.2) is 0 Å². The molecule has 0 saturated heterocycles. The summed E-state index contributed by atoms with van der Waals surface area (Å²) in [7, 11) is -3.82. The van der Waals surface area contributed by atoms with E-state index in [0.29, 0.717) is 16.1 Å². The van der Waals surface area contributed by atoms with Gasteiger partial charge in [-0.05, 0) is 49.4 Å². The highest BCUT2D eigenvalue weighted by Crippen LogP contribution is 2.28. The number of hydrogen-bond donors (Lipinski definition) is 1. The number of nitrogens with zero attached hydrogens (tertiary/aromatic N) is 2. The zero-order chi connectivity index (χ0) is 26.5. The van der Waals surface area contributed by atoms with Crippen LogP contribution in [0.25, 0.3) is 10.8 Å². The zero-order valence-electron chi connectivity index (χ0n) is 20.9. The fraction of sp³-hybridized carbons (Fsp3) is 0.333. The van der Waals surface area contributed by atoms with Crippen molar-refractivity contribution in [1.82, 2.24) is 10.2 Å². The quantitative estimate of drug-likeness (QED) is 0.416. The van der Waals surface area contributed by atoms with Gasteiger partial charge in [0.05, 0.1) is 11.9 Å². The highest BCUT2D eigenvalue weighted by Gasteiger charge is 2.31. The van der Waals surface area contributed by atoms with Crippen LogP contribution in [0.15, 0.2) is 66.7 Å². The summed E-state index contributed by atoms with van der Waals surface area (Å²) in [5.41, 5.74) is 1.18. The minimum Gasteiger partial charge on any atom is -0.352 e. The number of anilines is 1. The molecule has 0 unspecified atom stereocenters. The van der Waals surface area contributed by atoms with Crippen LogP contribution in [-0.2, 0) is 26.2 Å². The molecule has 3 aromatic carbocycles. The Balaban J connectivity index is 1.98. The van der Waals surface area contributed by atoms with E-state index in [4.69, 9.17) is 11.6 Å². The highest BCUT2D eigenvalue weighted by atomic mass is 35.5. The van der Waals surface area contributed by atoms with Crippen LogP contribution in [0.5, 0.6) is 0 Å². The molecule has 9 heteroatoms. The average molecular weight is 530 g/mol. The van der Waals surface area contributed by atoms with Crippen molar-refractivity contribution in [3.8, 4) is 0 Å². The molecule has 0 fully saturated rings. The van der Waals surface area contributed by atoms with E-state index in [2.05, 4.69) is 5.32 Å². The maximum Gasteiger partial charge on any atom is 0.244 e. The Morgan fingerprint density at radius 1 is 0.972 bits per heavy atom. The fourth-order valence-electron chi connectivity index (χ4n) is 3.86. The van der Waals surface area contributed by atoms with Gasteiger partial charge in [-0.1, -0.05) is 67.1 Å². The lowest BCUT2D eigenvalue weighted by molar-refractivity contribution is -0.139. The standard InChI is InChI=1S/C27H32ClN3O4S/c1-5-19(2)29-27(33)20(3)30(17-21-13-15-23(28)16-14-21)26(32)18-31(36(4,34)35)25-12-8-10-22-9-6-7-11-24(22)25/h6-16,19-20H,5,17-18H2,1-4H3,(H,29,33)/t19-,20-/m1/s1. The summed E-state index contributed by atoms with van der Waals surface area (Å²) in [5, 5.41) is 5.04. The van der Waals surface area contributed by atoms with Crippen molar-refractivity contribution in [3.05, 3.63) is 77.3 Å². The summed E-state index contributed by atoms with van der Waals surface area (Å²) in [6, 6.07) is 18.8. The van der Waals surface area contributed by atoms with Crippen LogP contribution in [0, 0.1) is 0 Å². The summed E-state index contributed by atoms with van der Waals surface area (Å²) >= 11 is 6.01. The van der Waals surface area contributed by atoms with Crippen LogP contribution in [0.3, 0.4) is 0 Å². The Bertz CT molecular complexity index is 1320. The first kappa shape index (κ1) is 27.5. The first-order valence-corrected chi connectivity index (χ1v) is 14.0. The second kappa shape index (κ2) is 11.8. The summed E-state index contributed by atoms with van der Waals surface area (Å²) < 4.78 is 26.9. The maximum atomic E-state index is 13.7. The number of carbonyl (C=O) groups is 2. The normalized spacial score (nSPS) is 13.1. The number of carbonyl (C=O) groups excluding carboxylic acids is 2. The Morgan fingerprint density at radius 2 is 1.61 bits per heavy atom. The predicted molar refractivity (Wildman–Crippen MR) is 145 cm³/mol. The van der Waals surface area contributed by atoms with Gasteiger partial charge in [-0.2, -0.15) is 0 Å². The Hall–Kier alpha value is -3.10. The lowest BCUT2D eigenvalue weighted by Gasteiger charge is -2.32. The van der Waals surface area contributed by atoms with Crippen molar-refractivity contribution in [2.75, 3.05) is 17.1 Å². The summed E-state index contributed by atoms with van der Waals surface area (Å²) in [6.45, 7) is 5.18. The van der Waals surface area contributed by atoms with Crippen molar-refractivity contribution in [2.24, 2.45) is 0 Å². The van der Waals surface area contributed by atoms with Crippen molar-refractivity contribution < 1.29 is 18.0 Å². The summed E-state index contributed by atoms with van der Waals surface area (Å²) in [6.07, 6.45) is 1.82. The molecule has 0 aromatic heterocycles. The van der Waals surface area contributed by atoms with Crippen LogP contribution in [0.4, 0.5) is 5.69 Å². The van der Waals surface area contributed by atoms with Gasteiger partial charge in [0.25, 0.3) is 0 Å². The molecule has 0 saturated carbocycles. The second-order valence-corrected chi connectivity index (χ2v) is 11.3. The van der Waals surface area contributed by atoms with E-state index in [1.165, 1.54) is 4.90 Å². The molecule has 2 amide bonds. The van der Waals surface area contributed by atoms with Crippen molar-refractivity contribution in [2.45, 2.75) is 45.8 Å². The number of rotatable bonds is 10. The van der Waals surface area contributed by atoms with Crippen molar-refractivity contribution >= 4 is 49.9 Å². The smallest absolute Gasteiger partial charge is 0.244 e. The number of benzene rings is 3. The van der Waals surface area contributed by atoms with Crippen LogP contribution in [0.2, 0.25) is 5.02 Å². The van der Waals surface area contributed by atoms with Gasteiger partial charge in [0.1, 0.15) is 12.6 Å². The molecular weight excluding hydrogens is 498 g/mol. The Kier molecular flexibility index (Phi) is 8.98. The lowest BCUT2D eigenvalue weighted by atomic mass is 10.1. The van der Waals surface area contributed by atoms with E-state index in [9.17, 15) is 18.0 Å². The maximum absolute atomic E-state index is 13.7. The van der Waals surface area contributed by atoms with E-state index in [0.717, 1.165) is 27.9 Å². The molecular formula is C27H32ClN3O4S. The van der Waals surface area contributed by atoms with Crippen molar-refractivity contribution in [3.63, 3.8) is 0 Å². The number of fused-ring (bicyclic) bond motifs is 1. The zero-order valence-corrected chi connectivity index (χ0v) is 22.5. The highest BCUT2D eigenvalue weighted by molar-refractivity contribution is 7.92. The Labute approximate surface area is 218 Å².